The second-order valence-corrected chi connectivity index (χ2v) is 7.38. The molecule has 0 saturated carbocycles. The number of hydrogen-bond acceptors (Lipinski definition) is 6. The maximum atomic E-state index is 12.4. The number of carbonyl (C=O) groups is 2. The summed E-state index contributed by atoms with van der Waals surface area (Å²) in [5, 5.41) is 11.5. The summed E-state index contributed by atoms with van der Waals surface area (Å²) >= 11 is 0. The van der Waals surface area contributed by atoms with Crippen molar-refractivity contribution in [1.29, 1.82) is 0 Å². The van der Waals surface area contributed by atoms with Gasteiger partial charge in [-0.05, 0) is 50.7 Å². The molecule has 3 rings (SSSR count). The van der Waals surface area contributed by atoms with Gasteiger partial charge in [0.05, 0.1) is 10.5 Å². The summed E-state index contributed by atoms with van der Waals surface area (Å²) in [5.74, 6) is -0.919. The summed E-state index contributed by atoms with van der Waals surface area (Å²) in [4.78, 5) is 39.5. The predicted molar refractivity (Wildman–Crippen MR) is 104 cm³/mol. The van der Waals surface area contributed by atoms with Crippen molar-refractivity contribution in [3.05, 3.63) is 33.9 Å². The second-order valence-electron chi connectivity index (χ2n) is 7.38. The lowest BCUT2D eigenvalue weighted by Crippen LogP contribution is -2.45. The predicted octanol–water partition coefficient (Wildman–Crippen LogP) is 3.14. The molecule has 1 aromatic carbocycles. The number of nitrogens with zero attached hydrogens (tertiary/aromatic N) is 3. The summed E-state index contributed by atoms with van der Waals surface area (Å²) in [6.07, 6.45) is 5.91. The minimum atomic E-state index is -0.713. The summed E-state index contributed by atoms with van der Waals surface area (Å²) in [7, 11) is 0. The van der Waals surface area contributed by atoms with Crippen LogP contribution in [-0.2, 0) is 9.53 Å². The molecular weight excluding hydrogens is 362 g/mol. The Labute approximate surface area is 164 Å². The van der Waals surface area contributed by atoms with Gasteiger partial charge in [-0.25, -0.2) is 4.79 Å². The quantitative estimate of drug-likeness (QED) is 0.422. The van der Waals surface area contributed by atoms with Crippen LogP contribution in [-0.4, -0.2) is 54.0 Å². The van der Waals surface area contributed by atoms with Crippen LogP contribution in [0.3, 0.4) is 0 Å². The average Bonchev–Trinajstić information content (AvgIpc) is 3.25. The molecule has 1 atom stereocenters. The van der Waals surface area contributed by atoms with Gasteiger partial charge in [0.25, 0.3) is 11.6 Å². The lowest BCUT2D eigenvalue weighted by Gasteiger charge is -2.35. The Bertz CT molecular complexity index is 745. The van der Waals surface area contributed by atoms with E-state index in [9.17, 15) is 19.7 Å². The summed E-state index contributed by atoms with van der Waals surface area (Å²) < 4.78 is 5.17. The molecule has 8 heteroatoms. The molecule has 8 nitrogen and oxygen atoms in total. The maximum absolute atomic E-state index is 12.4. The first kappa shape index (κ1) is 20.1. The van der Waals surface area contributed by atoms with Gasteiger partial charge in [-0.3, -0.25) is 14.9 Å². The molecule has 2 aliphatic heterocycles. The lowest BCUT2D eigenvalue weighted by atomic mass is 10.00. The Balaban J connectivity index is 1.66. The van der Waals surface area contributed by atoms with Gasteiger partial charge >= 0.3 is 5.97 Å². The van der Waals surface area contributed by atoms with Gasteiger partial charge in [0.1, 0.15) is 5.69 Å². The lowest BCUT2D eigenvalue weighted by molar-refractivity contribution is -0.384. The van der Waals surface area contributed by atoms with E-state index in [0.29, 0.717) is 12.2 Å². The smallest absolute Gasteiger partial charge is 0.338 e. The highest BCUT2D eigenvalue weighted by Crippen LogP contribution is 2.31. The number of hydrogen-bond donors (Lipinski definition) is 0. The molecular formula is C20H27N3O5. The number of esters is 1. The molecule has 1 amide bonds. The van der Waals surface area contributed by atoms with Crippen molar-refractivity contribution >= 4 is 23.3 Å². The molecule has 2 fully saturated rings. The highest BCUT2D eigenvalue weighted by Gasteiger charge is 2.27. The Hall–Kier alpha value is -2.64. The third-order valence-corrected chi connectivity index (χ3v) is 5.60. The van der Waals surface area contributed by atoms with Gasteiger partial charge in [0.2, 0.25) is 0 Å². The molecule has 0 aromatic heterocycles. The molecule has 0 spiro atoms. The SMILES string of the molecule is CC[C@H]1CCCCN1C(=O)COC(=O)c1ccc(N2CCCC2)c([N+](=O)[O-])c1. The van der Waals surface area contributed by atoms with Crippen LogP contribution in [0.1, 0.15) is 55.8 Å². The van der Waals surface area contributed by atoms with Crippen molar-refractivity contribution in [3.63, 3.8) is 0 Å². The highest BCUT2D eigenvalue weighted by molar-refractivity contribution is 5.93. The molecule has 0 N–H and O–H groups in total. The van der Waals surface area contributed by atoms with Crippen molar-refractivity contribution in [2.75, 3.05) is 31.1 Å². The number of benzene rings is 1. The Morgan fingerprint density at radius 2 is 1.89 bits per heavy atom. The molecule has 0 aliphatic carbocycles. The van der Waals surface area contributed by atoms with Crippen LogP contribution in [0.5, 0.6) is 0 Å². The van der Waals surface area contributed by atoms with Crippen LogP contribution in [0.15, 0.2) is 18.2 Å². The Kier molecular flexibility index (Phi) is 6.49. The van der Waals surface area contributed by atoms with Crippen molar-refractivity contribution in [2.24, 2.45) is 0 Å². The number of carbonyl (C=O) groups excluding carboxylic acids is 2. The van der Waals surface area contributed by atoms with Crippen LogP contribution >= 0.6 is 0 Å². The van der Waals surface area contributed by atoms with Gasteiger partial charge in [0, 0.05) is 31.7 Å². The van der Waals surface area contributed by atoms with E-state index in [1.54, 1.807) is 11.0 Å². The third kappa shape index (κ3) is 4.43. The van der Waals surface area contributed by atoms with Crippen molar-refractivity contribution < 1.29 is 19.2 Å². The van der Waals surface area contributed by atoms with E-state index in [0.717, 1.165) is 51.6 Å². The number of anilines is 1. The van der Waals surface area contributed by atoms with Crippen LogP contribution < -0.4 is 4.90 Å². The van der Waals surface area contributed by atoms with Gasteiger partial charge in [-0.15, -0.1) is 0 Å². The summed E-state index contributed by atoms with van der Waals surface area (Å²) in [6, 6.07) is 4.57. The fraction of sp³-hybridized carbons (Fsp3) is 0.600. The Morgan fingerprint density at radius 3 is 2.57 bits per heavy atom. The zero-order chi connectivity index (χ0) is 20.1. The molecule has 2 heterocycles. The van der Waals surface area contributed by atoms with Crippen LogP contribution in [0, 0.1) is 10.1 Å². The number of piperidine rings is 1. The number of nitro groups is 1. The van der Waals surface area contributed by atoms with Gasteiger partial charge in [0.15, 0.2) is 6.61 Å². The molecule has 0 radical (unpaired) electrons. The number of amides is 1. The number of likely N-dealkylation sites (tertiary alicyclic amines) is 1. The van der Waals surface area contributed by atoms with Crippen molar-refractivity contribution in [1.82, 2.24) is 4.90 Å². The fourth-order valence-electron chi connectivity index (χ4n) is 4.07. The number of nitro benzene ring substituents is 1. The topological polar surface area (TPSA) is 93.0 Å². The number of ether oxygens (including phenoxy) is 1. The van der Waals surface area contributed by atoms with Crippen molar-refractivity contribution in [2.45, 2.75) is 51.5 Å². The molecule has 2 saturated heterocycles. The largest absolute Gasteiger partial charge is 0.452 e. The molecule has 152 valence electrons. The van der Waals surface area contributed by atoms with E-state index in [1.807, 2.05) is 11.8 Å². The first-order chi connectivity index (χ1) is 13.5. The molecule has 28 heavy (non-hydrogen) atoms. The highest BCUT2D eigenvalue weighted by atomic mass is 16.6. The molecule has 1 aromatic rings. The summed E-state index contributed by atoms with van der Waals surface area (Å²) in [6.45, 7) is 3.94. The maximum Gasteiger partial charge on any atom is 0.338 e. The van der Waals surface area contributed by atoms with E-state index < -0.39 is 10.9 Å². The van der Waals surface area contributed by atoms with E-state index in [-0.39, 0.29) is 29.8 Å². The summed E-state index contributed by atoms with van der Waals surface area (Å²) in [5.41, 5.74) is 0.507. The Morgan fingerprint density at radius 1 is 1.18 bits per heavy atom. The zero-order valence-electron chi connectivity index (χ0n) is 16.3. The van der Waals surface area contributed by atoms with Crippen LogP contribution in [0.25, 0.3) is 0 Å². The van der Waals surface area contributed by atoms with Gasteiger partial charge in [-0.2, -0.15) is 0 Å². The minimum absolute atomic E-state index is 0.0909. The van der Waals surface area contributed by atoms with E-state index >= 15 is 0 Å². The monoisotopic (exact) mass is 389 g/mol. The van der Waals surface area contributed by atoms with Crippen LogP contribution in [0.2, 0.25) is 0 Å². The first-order valence-electron chi connectivity index (χ1n) is 10.0. The molecule has 0 bridgehead atoms. The molecule has 2 aliphatic rings. The van der Waals surface area contributed by atoms with E-state index in [1.165, 1.54) is 12.1 Å². The average molecular weight is 389 g/mol. The third-order valence-electron chi connectivity index (χ3n) is 5.60. The second kappa shape index (κ2) is 9.03. The van der Waals surface area contributed by atoms with Crippen molar-refractivity contribution in [3.8, 4) is 0 Å². The van der Waals surface area contributed by atoms with Crippen LogP contribution in [0.4, 0.5) is 11.4 Å². The normalized spacial score (nSPS) is 19.5. The minimum Gasteiger partial charge on any atom is -0.452 e. The van der Waals surface area contributed by atoms with Gasteiger partial charge in [-0.1, -0.05) is 6.92 Å². The standard InChI is InChI=1S/C20H27N3O5/c1-2-16-7-3-4-12-22(16)19(24)14-28-20(25)15-8-9-17(18(13-15)23(26)27)21-10-5-6-11-21/h8-9,13,16H,2-7,10-12,14H2,1H3/t16-/m0/s1. The van der Waals surface area contributed by atoms with Gasteiger partial charge < -0.3 is 14.5 Å². The van der Waals surface area contributed by atoms with E-state index in [4.69, 9.17) is 4.74 Å². The first-order valence-corrected chi connectivity index (χ1v) is 10.0. The number of rotatable bonds is 6. The zero-order valence-corrected chi connectivity index (χ0v) is 16.3. The fourth-order valence-corrected chi connectivity index (χ4v) is 4.07. The molecule has 0 unspecified atom stereocenters. The van der Waals surface area contributed by atoms with E-state index in [2.05, 4.69) is 0 Å².